The number of nitrogens with zero attached hydrogens (tertiary/aromatic N) is 1. The maximum absolute atomic E-state index is 4.27. The van der Waals surface area contributed by atoms with Crippen LogP contribution in [0.2, 0.25) is 0 Å². The van der Waals surface area contributed by atoms with E-state index in [1.54, 1.807) is 11.3 Å². The first kappa shape index (κ1) is 11.7. The molecular weight excluding hydrogens is 192 g/mol. The van der Waals surface area contributed by atoms with E-state index in [0.717, 1.165) is 5.01 Å². The van der Waals surface area contributed by atoms with Gasteiger partial charge < -0.3 is 5.32 Å². The van der Waals surface area contributed by atoms with Crippen LogP contribution in [-0.4, -0.2) is 11.0 Å². The zero-order valence-corrected chi connectivity index (χ0v) is 10.3. The van der Waals surface area contributed by atoms with Gasteiger partial charge in [-0.2, -0.15) is 0 Å². The minimum Gasteiger partial charge on any atom is -0.307 e. The summed E-state index contributed by atoms with van der Waals surface area (Å²) < 4.78 is 0. The Balaban J connectivity index is 2.45. The molecule has 2 unspecified atom stereocenters. The van der Waals surface area contributed by atoms with Crippen LogP contribution in [0.5, 0.6) is 0 Å². The quantitative estimate of drug-likeness (QED) is 0.810. The summed E-state index contributed by atoms with van der Waals surface area (Å²) in [6.07, 6.45) is 4.46. The summed E-state index contributed by atoms with van der Waals surface area (Å²) in [6, 6.07) is 1.03. The Hall–Kier alpha value is -0.410. The largest absolute Gasteiger partial charge is 0.307 e. The van der Waals surface area contributed by atoms with E-state index in [-0.39, 0.29) is 0 Å². The fraction of sp³-hybridized carbons (Fsp3) is 0.727. The smallest absolute Gasteiger partial charge is 0.0897 e. The molecule has 2 atom stereocenters. The third kappa shape index (κ3) is 3.39. The van der Waals surface area contributed by atoms with Gasteiger partial charge in [0.15, 0.2) is 0 Å². The lowest BCUT2D eigenvalue weighted by Gasteiger charge is -2.17. The second-order valence-electron chi connectivity index (χ2n) is 3.86. The highest BCUT2D eigenvalue weighted by Crippen LogP contribution is 2.20. The third-order valence-corrected chi connectivity index (χ3v) is 3.42. The van der Waals surface area contributed by atoms with Crippen molar-refractivity contribution in [2.75, 3.05) is 0 Å². The summed E-state index contributed by atoms with van der Waals surface area (Å²) in [7, 11) is 0. The van der Waals surface area contributed by atoms with Crippen LogP contribution in [0.15, 0.2) is 6.20 Å². The van der Waals surface area contributed by atoms with Crippen LogP contribution in [0, 0.1) is 6.92 Å². The monoisotopic (exact) mass is 212 g/mol. The van der Waals surface area contributed by atoms with Crippen LogP contribution < -0.4 is 5.32 Å². The molecule has 0 aliphatic heterocycles. The Bertz CT molecular complexity index is 270. The predicted octanol–water partition coefficient (Wildman–Crippen LogP) is 3.29. The fourth-order valence-corrected chi connectivity index (χ4v) is 2.40. The first-order chi connectivity index (χ1) is 6.63. The fourth-order valence-electron chi connectivity index (χ4n) is 1.60. The number of rotatable bonds is 5. The molecule has 0 aromatic carbocycles. The van der Waals surface area contributed by atoms with Gasteiger partial charge in [-0.3, -0.25) is 0 Å². The molecule has 3 heteroatoms. The van der Waals surface area contributed by atoms with Gasteiger partial charge in [-0.1, -0.05) is 13.3 Å². The average Bonchev–Trinajstić information content (AvgIpc) is 2.52. The number of aromatic nitrogens is 1. The maximum atomic E-state index is 4.27. The molecule has 1 N–H and O–H groups in total. The molecule has 0 bridgehead atoms. The van der Waals surface area contributed by atoms with Gasteiger partial charge in [0.05, 0.1) is 5.01 Å². The van der Waals surface area contributed by atoms with Gasteiger partial charge in [-0.25, -0.2) is 4.98 Å². The summed E-state index contributed by atoms with van der Waals surface area (Å²) in [5.41, 5.74) is 0. The van der Waals surface area contributed by atoms with Crippen molar-refractivity contribution in [3.8, 4) is 0 Å². The lowest BCUT2D eigenvalue weighted by atomic mass is 10.1. The summed E-state index contributed by atoms with van der Waals surface area (Å²) in [5, 5.41) is 4.73. The normalized spacial score (nSPS) is 15.4. The second-order valence-corrected chi connectivity index (χ2v) is 5.13. The van der Waals surface area contributed by atoms with E-state index in [1.165, 1.54) is 17.7 Å². The van der Waals surface area contributed by atoms with Gasteiger partial charge in [0.1, 0.15) is 0 Å². The van der Waals surface area contributed by atoms with E-state index in [1.807, 2.05) is 6.20 Å². The summed E-state index contributed by atoms with van der Waals surface area (Å²) in [5.74, 6) is 0. The van der Waals surface area contributed by atoms with Crippen LogP contribution in [0.25, 0.3) is 0 Å². The highest BCUT2D eigenvalue weighted by Gasteiger charge is 2.10. The molecule has 0 aliphatic rings. The molecule has 1 heterocycles. The molecule has 1 aromatic rings. The Morgan fingerprint density at radius 1 is 1.50 bits per heavy atom. The van der Waals surface area contributed by atoms with Crippen LogP contribution in [-0.2, 0) is 0 Å². The van der Waals surface area contributed by atoms with Crippen molar-refractivity contribution < 1.29 is 0 Å². The standard InChI is InChI=1S/C11H20N2S/c1-5-6-8(2)13-9(3)11-7-12-10(4)14-11/h7-9,13H,5-6H2,1-4H3. The van der Waals surface area contributed by atoms with Crippen molar-refractivity contribution in [1.82, 2.24) is 10.3 Å². The van der Waals surface area contributed by atoms with E-state index in [0.29, 0.717) is 12.1 Å². The second kappa shape index (κ2) is 5.47. The molecule has 0 amide bonds. The third-order valence-electron chi connectivity index (χ3n) is 2.32. The lowest BCUT2D eigenvalue weighted by molar-refractivity contribution is 0.456. The molecule has 0 spiro atoms. The van der Waals surface area contributed by atoms with E-state index in [4.69, 9.17) is 0 Å². The maximum Gasteiger partial charge on any atom is 0.0897 e. The highest BCUT2D eigenvalue weighted by atomic mass is 32.1. The van der Waals surface area contributed by atoms with Crippen molar-refractivity contribution in [3.63, 3.8) is 0 Å². The number of hydrogen-bond donors (Lipinski definition) is 1. The highest BCUT2D eigenvalue weighted by molar-refractivity contribution is 7.11. The first-order valence-corrected chi connectivity index (χ1v) is 6.13. The van der Waals surface area contributed by atoms with E-state index in [2.05, 4.69) is 38.0 Å². The molecule has 2 nitrogen and oxygen atoms in total. The van der Waals surface area contributed by atoms with Crippen molar-refractivity contribution in [1.29, 1.82) is 0 Å². The summed E-state index contributed by atoms with van der Waals surface area (Å²) in [6.45, 7) is 8.73. The van der Waals surface area contributed by atoms with Crippen LogP contribution in [0.1, 0.15) is 49.5 Å². The molecule has 0 fully saturated rings. The van der Waals surface area contributed by atoms with E-state index < -0.39 is 0 Å². The topological polar surface area (TPSA) is 24.9 Å². The van der Waals surface area contributed by atoms with E-state index in [9.17, 15) is 0 Å². The molecule has 0 aliphatic carbocycles. The van der Waals surface area contributed by atoms with Gasteiger partial charge in [0.25, 0.3) is 0 Å². The van der Waals surface area contributed by atoms with Crippen LogP contribution >= 0.6 is 11.3 Å². The average molecular weight is 212 g/mol. The molecule has 0 radical (unpaired) electrons. The molecular formula is C11H20N2S. The zero-order valence-electron chi connectivity index (χ0n) is 9.50. The predicted molar refractivity (Wildman–Crippen MR) is 62.8 cm³/mol. The molecule has 0 saturated heterocycles. The van der Waals surface area contributed by atoms with Crippen molar-refractivity contribution in [2.45, 2.75) is 52.6 Å². The van der Waals surface area contributed by atoms with Gasteiger partial charge in [0.2, 0.25) is 0 Å². The number of nitrogens with one attached hydrogen (secondary N) is 1. The van der Waals surface area contributed by atoms with Gasteiger partial charge >= 0.3 is 0 Å². The summed E-state index contributed by atoms with van der Waals surface area (Å²) in [4.78, 5) is 5.61. The van der Waals surface area contributed by atoms with Gasteiger partial charge in [-0.05, 0) is 27.2 Å². The zero-order chi connectivity index (χ0) is 10.6. The minimum absolute atomic E-state index is 0.433. The molecule has 14 heavy (non-hydrogen) atoms. The lowest BCUT2D eigenvalue weighted by Crippen LogP contribution is -2.28. The van der Waals surface area contributed by atoms with Crippen LogP contribution in [0.3, 0.4) is 0 Å². The molecule has 0 saturated carbocycles. The van der Waals surface area contributed by atoms with Gasteiger partial charge in [0, 0.05) is 23.2 Å². The van der Waals surface area contributed by atoms with E-state index >= 15 is 0 Å². The molecule has 80 valence electrons. The van der Waals surface area contributed by atoms with Crippen molar-refractivity contribution in [2.24, 2.45) is 0 Å². The Kier molecular flexibility index (Phi) is 4.55. The summed E-state index contributed by atoms with van der Waals surface area (Å²) >= 11 is 1.78. The van der Waals surface area contributed by atoms with Crippen molar-refractivity contribution in [3.05, 3.63) is 16.1 Å². The first-order valence-electron chi connectivity index (χ1n) is 5.31. The SMILES string of the molecule is CCCC(C)NC(C)c1cnc(C)s1. The Labute approximate surface area is 90.8 Å². The molecule has 1 rings (SSSR count). The number of hydrogen-bond acceptors (Lipinski definition) is 3. The van der Waals surface area contributed by atoms with Gasteiger partial charge in [-0.15, -0.1) is 11.3 Å². The minimum atomic E-state index is 0.433. The molecule has 1 aromatic heterocycles. The number of aryl methyl sites for hydroxylation is 1. The Morgan fingerprint density at radius 2 is 2.21 bits per heavy atom. The number of thiazole rings is 1. The Morgan fingerprint density at radius 3 is 2.71 bits per heavy atom. The van der Waals surface area contributed by atoms with Crippen LogP contribution in [0.4, 0.5) is 0 Å². The van der Waals surface area contributed by atoms with Crippen molar-refractivity contribution >= 4 is 11.3 Å².